The summed E-state index contributed by atoms with van der Waals surface area (Å²) in [6.45, 7) is 0. The van der Waals surface area contributed by atoms with Crippen molar-refractivity contribution in [3.05, 3.63) is 72.9 Å². The molecule has 94 valence electrons. The number of fused-ring (bicyclic) bond motifs is 2. The van der Waals surface area contributed by atoms with Crippen LogP contribution in [0.3, 0.4) is 0 Å². The van der Waals surface area contributed by atoms with Crippen LogP contribution in [-0.4, -0.2) is 9.97 Å². The Morgan fingerprint density at radius 1 is 0.750 bits per heavy atom. The van der Waals surface area contributed by atoms with Crippen LogP contribution in [0.15, 0.2) is 72.9 Å². The zero-order chi connectivity index (χ0) is 13.4. The largest absolute Gasteiger partial charge is 0.237 e. The lowest BCUT2D eigenvalue weighted by atomic mass is 10.00. The fourth-order valence-electron chi connectivity index (χ4n) is 2.56. The lowest BCUT2D eigenvalue weighted by molar-refractivity contribution is 1.33. The summed E-state index contributed by atoms with van der Waals surface area (Å²) in [6, 6.07) is 22.8. The van der Waals surface area contributed by atoms with Gasteiger partial charge in [-0.25, -0.2) is 9.97 Å². The Morgan fingerprint density at radius 2 is 1.65 bits per heavy atom. The Bertz CT molecular complexity index is 899. The standard InChI is InChI=1S/C18H12N2/c1-2-6-13(7-3-1)15-9-4-10-17-16(15)12-14-8-5-11-19-18(14)20-17/h1-12H. The van der Waals surface area contributed by atoms with E-state index in [-0.39, 0.29) is 0 Å². The summed E-state index contributed by atoms with van der Waals surface area (Å²) in [4.78, 5) is 8.98. The molecule has 0 atom stereocenters. The molecule has 0 aliphatic carbocycles. The predicted molar refractivity (Wildman–Crippen MR) is 82.5 cm³/mol. The van der Waals surface area contributed by atoms with Gasteiger partial charge in [-0.3, -0.25) is 0 Å². The molecule has 0 saturated heterocycles. The molecular formula is C18H12N2. The molecule has 2 heteroatoms. The predicted octanol–water partition coefficient (Wildman–Crippen LogP) is 4.45. The smallest absolute Gasteiger partial charge is 0.159 e. The molecule has 4 aromatic rings. The second kappa shape index (κ2) is 4.42. The Hall–Kier alpha value is -2.74. The van der Waals surface area contributed by atoms with E-state index in [4.69, 9.17) is 0 Å². The molecule has 0 N–H and O–H groups in total. The molecule has 0 amide bonds. The Morgan fingerprint density at radius 3 is 2.55 bits per heavy atom. The van der Waals surface area contributed by atoms with E-state index in [1.807, 2.05) is 24.3 Å². The maximum absolute atomic E-state index is 4.65. The number of aromatic nitrogens is 2. The van der Waals surface area contributed by atoms with E-state index < -0.39 is 0 Å². The highest BCUT2D eigenvalue weighted by Gasteiger charge is 2.06. The quantitative estimate of drug-likeness (QED) is 0.470. The molecule has 0 aliphatic heterocycles. The molecule has 2 nitrogen and oxygen atoms in total. The Balaban J connectivity index is 2.09. The molecule has 2 heterocycles. The number of benzene rings is 2. The van der Waals surface area contributed by atoms with Crippen molar-refractivity contribution in [1.82, 2.24) is 9.97 Å². The average Bonchev–Trinajstić information content (AvgIpc) is 2.53. The molecule has 20 heavy (non-hydrogen) atoms. The first-order valence-electron chi connectivity index (χ1n) is 6.62. The van der Waals surface area contributed by atoms with Crippen molar-refractivity contribution in [2.45, 2.75) is 0 Å². The third-order valence-corrected chi connectivity index (χ3v) is 3.51. The zero-order valence-corrected chi connectivity index (χ0v) is 10.8. The van der Waals surface area contributed by atoms with Gasteiger partial charge in [0.25, 0.3) is 0 Å². The third-order valence-electron chi connectivity index (χ3n) is 3.51. The fraction of sp³-hybridized carbons (Fsp3) is 0. The van der Waals surface area contributed by atoms with Gasteiger partial charge in [-0.15, -0.1) is 0 Å². The first kappa shape index (κ1) is 11.1. The number of hydrogen-bond donors (Lipinski definition) is 0. The van der Waals surface area contributed by atoms with Crippen LogP contribution in [0, 0.1) is 0 Å². The second-order valence-corrected chi connectivity index (χ2v) is 4.78. The molecule has 2 aromatic heterocycles. The third kappa shape index (κ3) is 1.74. The van der Waals surface area contributed by atoms with E-state index in [1.54, 1.807) is 6.20 Å². The van der Waals surface area contributed by atoms with Gasteiger partial charge in [0.15, 0.2) is 5.65 Å². The van der Waals surface area contributed by atoms with E-state index in [9.17, 15) is 0 Å². The Labute approximate surface area is 116 Å². The van der Waals surface area contributed by atoms with Gasteiger partial charge in [0, 0.05) is 17.0 Å². The van der Waals surface area contributed by atoms with Gasteiger partial charge in [0.05, 0.1) is 5.52 Å². The molecule has 0 spiro atoms. The highest BCUT2D eigenvalue weighted by molar-refractivity contribution is 6.00. The number of rotatable bonds is 1. The van der Waals surface area contributed by atoms with Gasteiger partial charge in [-0.1, -0.05) is 42.5 Å². The first-order chi connectivity index (χ1) is 9.92. The highest BCUT2D eigenvalue weighted by Crippen LogP contribution is 2.29. The van der Waals surface area contributed by atoms with Crippen LogP contribution >= 0.6 is 0 Å². The van der Waals surface area contributed by atoms with Crippen molar-refractivity contribution in [2.24, 2.45) is 0 Å². The van der Waals surface area contributed by atoms with Crippen LogP contribution in [0.25, 0.3) is 33.1 Å². The summed E-state index contributed by atoms with van der Waals surface area (Å²) in [5.74, 6) is 0. The average molecular weight is 256 g/mol. The summed E-state index contributed by atoms with van der Waals surface area (Å²) >= 11 is 0. The maximum atomic E-state index is 4.65. The van der Waals surface area contributed by atoms with E-state index in [2.05, 4.69) is 52.4 Å². The Kier molecular flexibility index (Phi) is 2.46. The van der Waals surface area contributed by atoms with Crippen molar-refractivity contribution in [1.29, 1.82) is 0 Å². The second-order valence-electron chi connectivity index (χ2n) is 4.78. The summed E-state index contributed by atoms with van der Waals surface area (Å²) < 4.78 is 0. The van der Waals surface area contributed by atoms with Crippen molar-refractivity contribution >= 4 is 21.9 Å². The minimum absolute atomic E-state index is 0.796. The summed E-state index contributed by atoms with van der Waals surface area (Å²) in [5, 5.41) is 2.24. The van der Waals surface area contributed by atoms with Gasteiger partial charge >= 0.3 is 0 Å². The molecular weight excluding hydrogens is 244 g/mol. The molecule has 0 saturated carbocycles. The van der Waals surface area contributed by atoms with E-state index in [1.165, 1.54) is 16.5 Å². The number of hydrogen-bond acceptors (Lipinski definition) is 2. The maximum Gasteiger partial charge on any atom is 0.159 e. The van der Waals surface area contributed by atoms with Gasteiger partial charge in [0.1, 0.15) is 0 Å². The topological polar surface area (TPSA) is 25.8 Å². The monoisotopic (exact) mass is 256 g/mol. The van der Waals surface area contributed by atoms with E-state index >= 15 is 0 Å². The van der Waals surface area contributed by atoms with Gasteiger partial charge in [-0.05, 0) is 35.4 Å². The van der Waals surface area contributed by atoms with Crippen molar-refractivity contribution in [2.75, 3.05) is 0 Å². The first-order valence-corrected chi connectivity index (χ1v) is 6.62. The normalized spacial score (nSPS) is 11.0. The number of pyridine rings is 2. The molecule has 0 radical (unpaired) electrons. The van der Waals surface area contributed by atoms with Crippen LogP contribution in [0.1, 0.15) is 0 Å². The zero-order valence-electron chi connectivity index (χ0n) is 10.8. The van der Waals surface area contributed by atoms with E-state index in [0.717, 1.165) is 16.6 Å². The lowest BCUT2D eigenvalue weighted by Crippen LogP contribution is -1.87. The van der Waals surface area contributed by atoms with Crippen LogP contribution in [0.2, 0.25) is 0 Å². The molecule has 0 fully saturated rings. The summed E-state index contributed by atoms with van der Waals surface area (Å²) in [5.41, 5.74) is 4.20. The van der Waals surface area contributed by atoms with Gasteiger partial charge in [-0.2, -0.15) is 0 Å². The van der Waals surface area contributed by atoms with Crippen molar-refractivity contribution in [3.8, 4) is 11.1 Å². The van der Waals surface area contributed by atoms with Crippen LogP contribution in [0.5, 0.6) is 0 Å². The molecule has 0 aliphatic rings. The minimum atomic E-state index is 0.796. The summed E-state index contributed by atoms with van der Waals surface area (Å²) in [7, 11) is 0. The lowest BCUT2D eigenvalue weighted by Gasteiger charge is -2.07. The SMILES string of the molecule is c1ccc(-c2cccc3nc4ncccc4cc23)cc1. The van der Waals surface area contributed by atoms with Gasteiger partial charge in [0.2, 0.25) is 0 Å². The molecule has 2 aromatic carbocycles. The molecule has 0 bridgehead atoms. The van der Waals surface area contributed by atoms with Crippen LogP contribution < -0.4 is 0 Å². The van der Waals surface area contributed by atoms with Crippen LogP contribution in [-0.2, 0) is 0 Å². The molecule has 0 unspecified atom stereocenters. The van der Waals surface area contributed by atoms with E-state index in [0.29, 0.717) is 0 Å². The fourth-order valence-corrected chi connectivity index (χ4v) is 2.56. The minimum Gasteiger partial charge on any atom is -0.237 e. The van der Waals surface area contributed by atoms with Crippen molar-refractivity contribution < 1.29 is 0 Å². The molecule has 4 rings (SSSR count). The van der Waals surface area contributed by atoms with Gasteiger partial charge < -0.3 is 0 Å². The number of nitrogens with zero attached hydrogens (tertiary/aromatic N) is 2. The summed E-state index contributed by atoms with van der Waals surface area (Å²) in [6.07, 6.45) is 1.78. The highest BCUT2D eigenvalue weighted by atomic mass is 14.8. The van der Waals surface area contributed by atoms with Crippen molar-refractivity contribution in [3.63, 3.8) is 0 Å². The van der Waals surface area contributed by atoms with Crippen LogP contribution in [0.4, 0.5) is 0 Å².